The number of nitrogens with one attached hydrogen (secondary N) is 1. The number of methoxy groups -OCH3 is 1. The minimum absolute atomic E-state index is 0.0206. The Morgan fingerprint density at radius 2 is 2.18 bits per heavy atom. The molecule has 0 saturated carbocycles. The number of benzene rings is 1. The zero-order valence-corrected chi connectivity index (χ0v) is 12.6. The van der Waals surface area contributed by atoms with Crippen molar-refractivity contribution in [2.75, 3.05) is 26.9 Å². The first-order chi connectivity index (χ1) is 10.6. The second kappa shape index (κ2) is 9.78. The van der Waals surface area contributed by atoms with Crippen LogP contribution in [0.1, 0.15) is 12.5 Å². The van der Waals surface area contributed by atoms with Crippen molar-refractivity contribution >= 4 is 5.96 Å². The number of para-hydroxylation sites is 1. The number of alkyl halides is 2. The molecule has 1 rings (SSSR count). The molecule has 0 unspecified atom stereocenters. The van der Waals surface area contributed by atoms with Gasteiger partial charge < -0.3 is 25.3 Å². The van der Waals surface area contributed by atoms with Crippen molar-refractivity contribution in [3.8, 4) is 11.5 Å². The van der Waals surface area contributed by atoms with Crippen LogP contribution in [-0.2, 0) is 11.3 Å². The summed E-state index contributed by atoms with van der Waals surface area (Å²) in [5.74, 6) is 0.427. The number of hydrogen-bond acceptors (Lipinski definition) is 4. The molecule has 0 heterocycles. The van der Waals surface area contributed by atoms with Gasteiger partial charge in [-0.2, -0.15) is 8.78 Å². The number of halogens is 2. The first-order valence-corrected chi connectivity index (χ1v) is 6.80. The lowest BCUT2D eigenvalue weighted by atomic mass is 10.2. The van der Waals surface area contributed by atoms with E-state index >= 15 is 0 Å². The molecule has 22 heavy (non-hydrogen) atoms. The van der Waals surface area contributed by atoms with Crippen LogP contribution in [-0.4, -0.2) is 39.4 Å². The minimum atomic E-state index is -2.94. The Labute approximate surface area is 128 Å². The van der Waals surface area contributed by atoms with Crippen LogP contribution in [0.5, 0.6) is 11.5 Å². The fourth-order valence-electron chi connectivity index (χ4n) is 1.69. The Morgan fingerprint density at radius 3 is 2.82 bits per heavy atom. The summed E-state index contributed by atoms with van der Waals surface area (Å²) in [6, 6.07) is 4.88. The Kier molecular flexibility index (Phi) is 7.98. The van der Waals surface area contributed by atoms with Crippen LogP contribution in [0.25, 0.3) is 0 Å². The molecule has 124 valence electrons. The molecule has 0 aliphatic carbocycles. The highest BCUT2D eigenvalue weighted by atomic mass is 19.3. The topological polar surface area (TPSA) is 78.1 Å². The quantitative estimate of drug-likeness (QED) is 0.412. The molecular weight excluding hydrogens is 296 g/mol. The summed E-state index contributed by atoms with van der Waals surface area (Å²) < 4.78 is 39.8. The summed E-state index contributed by atoms with van der Waals surface area (Å²) >= 11 is 0. The van der Waals surface area contributed by atoms with Gasteiger partial charge in [0, 0.05) is 19.2 Å². The monoisotopic (exact) mass is 317 g/mol. The average Bonchev–Trinajstić information content (AvgIpc) is 2.47. The molecule has 1 aromatic rings. The zero-order chi connectivity index (χ0) is 16.4. The van der Waals surface area contributed by atoms with Crippen molar-refractivity contribution in [3.05, 3.63) is 23.8 Å². The lowest BCUT2D eigenvalue weighted by molar-refractivity contribution is -0.0520. The highest BCUT2D eigenvalue weighted by Gasteiger charge is 2.15. The third-order valence-electron chi connectivity index (χ3n) is 2.60. The SMILES string of the molecule is CCOc1cccc(CN=C(N)NCCOC)c1OC(F)F. The van der Waals surface area contributed by atoms with E-state index in [0.29, 0.717) is 25.3 Å². The summed E-state index contributed by atoms with van der Waals surface area (Å²) in [4.78, 5) is 4.08. The van der Waals surface area contributed by atoms with Crippen molar-refractivity contribution in [1.29, 1.82) is 0 Å². The number of nitrogens with zero attached hydrogens (tertiary/aromatic N) is 1. The number of hydrogen-bond donors (Lipinski definition) is 2. The van der Waals surface area contributed by atoms with Crippen molar-refractivity contribution in [3.63, 3.8) is 0 Å². The van der Waals surface area contributed by atoms with Crippen molar-refractivity contribution < 1.29 is 23.0 Å². The summed E-state index contributed by atoms with van der Waals surface area (Å²) in [7, 11) is 1.57. The number of ether oxygens (including phenoxy) is 3. The van der Waals surface area contributed by atoms with Gasteiger partial charge in [-0.3, -0.25) is 0 Å². The van der Waals surface area contributed by atoms with Crippen molar-refractivity contribution in [1.82, 2.24) is 5.32 Å². The molecule has 0 saturated heterocycles. The van der Waals surface area contributed by atoms with Crippen LogP contribution in [0.2, 0.25) is 0 Å². The van der Waals surface area contributed by atoms with Gasteiger partial charge in [-0.25, -0.2) is 4.99 Å². The predicted molar refractivity (Wildman–Crippen MR) is 79.4 cm³/mol. The molecule has 0 fully saturated rings. The predicted octanol–water partition coefficient (Wildman–Crippen LogP) is 1.74. The van der Waals surface area contributed by atoms with Gasteiger partial charge in [-0.1, -0.05) is 12.1 Å². The number of nitrogens with two attached hydrogens (primary N) is 1. The lowest BCUT2D eigenvalue weighted by Gasteiger charge is -2.14. The summed E-state index contributed by atoms with van der Waals surface area (Å²) in [5, 5.41) is 2.84. The van der Waals surface area contributed by atoms with E-state index in [0.717, 1.165) is 0 Å². The summed E-state index contributed by atoms with van der Waals surface area (Å²) in [5.41, 5.74) is 6.13. The molecule has 0 radical (unpaired) electrons. The average molecular weight is 317 g/mol. The smallest absolute Gasteiger partial charge is 0.387 e. The summed E-state index contributed by atoms with van der Waals surface area (Å²) in [6.45, 7) is 0.235. The first kappa shape index (κ1) is 18.0. The largest absolute Gasteiger partial charge is 0.490 e. The van der Waals surface area contributed by atoms with Crippen LogP contribution in [0.3, 0.4) is 0 Å². The lowest BCUT2D eigenvalue weighted by Crippen LogP contribution is -2.34. The molecule has 0 aliphatic heterocycles. The summed E-state index contributed by atoms with van der Waals surface area (Å²) in [6.07, 6.45) is 0. The number of aliphatic imine (C=N–C) groups is 1. The zero-order valence-electron chi connectivity index (χ0n) is 12.6. The van der Waals surface area contributed by atoms with Gasteiger partial charge in [0.2, 0.25) is 0 Å². The molecule has 3 N–H and O–H groups in total. The van der Waals surface area contributed by atoms with Gasteiger partial charge in [0.1, 0.15) is 0 Å². The van der Waals surface area contributed by atoms with Crippen LogP contribution in [0.4, 0.5) is 8.78 Å². The molecule has 0 aliphatic rings. The van der Waals surface area contributed by atoms with E-state index in [9.17, 15) is 8.78 Å². The number of rotatable bonds is 9. The molecule has 1 aromatic carbocycles. The van der Waals surface area contributed by atoms with Crippen LogP contribution < -0.4 is 20.5 Å². The maximum atomic E-state index is 12.6. The Balaban J connectivity index is 2.83. The van der Waals surface area contributed by atoms with E-state index in [1.807, 2.05) is 0 Å². The normalized spacial score (nSPS) is 11.6. The first-order valence-electron chi connectivity index (χ1n) is 6.80. The second-order valence-electron chi connectivity index (χ2n) is 4.18. The standard InChI is InChI=1S/C14H21F2N3O3/c1-3-21-11-6-4-5-10(12(11)22-13(15)16)9-19-14(17)18-7-8-20-2/h4-6,13H,3,7-9H2,1-2H3,(H3,17,18,19). The molecule has 8 heteroatoms. The Bertz CT molecular complexity index is 484. The van der Waals surface area contributed by atoms with E-state index in [1.54, 1.807) is 32.2 Å². The van der Waals surface area contributed by atoms with E-state index in [-0.39, 0.29) is 24.0 Å². The minimum Gasteiger partial charge on any atom is -0.490 e. The Hall–Kier alpha value is -2.09. The molecule has 6 nitrogen and oxygen atoms in total. The third kappa shape index (κ3) is 6.13. The maximum absolute atomic E-state index is 12.6. The van der Waals surface area contributed by atoms with Gasteiger partial charge >= 0.3 is 6.61 Å². The van der Waals surface area contributed by atoms with Gasteiger partial charge in [-0.05, 0) is 13.0 Å². The second-order valence-corrected chi connectivity index (χ2v) is 4.18. The molecule has 0 atom stereocenters. The van der Waals surface area contributed by atoms with Gasteiger partial charge in [0.15, 0.2) is 17.5 Å². The number of guanidine groups is 1. The molecule has 0 spiro atoms. The Morgan fingerprint density at radius 1 is 1.41 bits per heavy atom. The van der Waals surface area contributed by atoms with Crippen LogP contribution in [0.15, 0.2) is 23.2 Å². The molecule has 0 bridgehead atoms. The fourth-order valence-corrected chi connectivity index (χ4v) is 1.69. The van der Waals surface area contributed by atoms with E-state index in [4.69, 9.17) is 15.2 Å². The molecular formula is C14H21F2N3O3. The van der Waals surface area contributed by atoms with E-state index in [2.05, 4.69) is 15.0 Å². The highest BCUT2D eigenvalue weighted by molar-refractivity contribution is 5.77. The van der Waals surface area contributed by atoms with Gasteiger partial charge in [-0.15, -0.1) is 0 Å². The van der Waals surface area contributed by atoms with Gasteiger partial charge in [0.05, 0.1) is 19.8 Å². The van der Waals surface area contributed by atoms with Gasteiger partial charge in [0.25, 0.3) is 0 Å². The van der Waals surface area contributed by atoms with E-state index < -0.39 is 6.61 Å². The molecule has 0 aromatic heterocycles. The fraction of sp³-hybridized carbons (Fsp3) is 0.500. The van der Waals surface area contributed by atoms with Crippen LogP contribution >= 0.6 is 0 Å². The van der Waals surface area contributed by atoms with Crippen molar-refractivity contribution in [2.45, 2.75) is 20.1 Å². The highest BCUT2D eigenvalue weighted by Crippen LogP contribution is 2.33. The maximum Gasteiger partial charge on any atom is 0.387 e. The molecule has 0 amide bonds. The third-order valence-corrected chi connectivity index (χ3v) is 2.60. The van der Waals surface area contributed by atoms with Crippen LogP contribution in [0, 0.1) is 0 Å². The van der Waals surface area contributed by atoms with Crippen molar-refractivity contribution in [2.24, 2.45) is 10.7 Å². The van der Waals surface area contributed by atoms with E-state index in [1.165, 1.54) is 0 Å².